The van der Waals surface area contributed by atoms with E-state index < -0.39 is 15.4 Å². The number of sulfonamides is 1. The van der Waals surface area contributed by atoms with Crippen molar-refractivity contribution in [2.24, 2.45) is 0 Å². The normalized spacial score (nSPS) is 14.6. The van der Waals surface area contributed by atoms with Gasteiger partial charge in [-0.2, -0.15) is 0 Å². The zero-order chi connectivity index (χ0) is 31.6. The van der Waals surface area contributed by atoms with E-state index in [-0.39, 0.29) is 12.0 Å². The van der Waals surface area contributed by atoms with Gasteiger partial charge in [-0.25, -0.2) is 8.42 Å². The van der Waals surface area contributed by atoms with Gasteiger partial charge in [-0.1, -0.05) is 35.8 Å². The molecule has 0 aliphatic carbocycles. The Morgan fingerprint density at radius 2 is 1.75 bits per heavy atom. The second-order valence-corrected chi connectivity index (χ2v) is 15.9. The minimum atomic E-state index is -3.40. The number of hydrogen-bond acceptors (Lipinski definition) is 7. The van der Waals surface area contributed by atoms with Crippen molar-refractivity contribution in [3.8, 4) is 5.75 Å². The quantitative estimate of drug-likeness (QED) is 0.168. The summed E-state index contributed by atoms with van der Waals surface area (Å²) >= 11 is 5.03. The Balaban J connectivity index is 1.41. The summed E-state index contributed by atoms with van der Waals surface area (Å²) in [6.07, 6.45) is 1.17. The first-order chi connectivity index (χ1) is 20.7. The number of thiophene rings is 1. The third kappa shape index (κ3) is 8.19. The zero-order valence-corrected chi connectivity index (χ0v) is 28.9. The number of carbonyl (C=O) groups is 1. The molecule has 1 aromatic heterocycles. The number of amides is 1. The summed E-state index contributed by atoms with van der Waals surface area (Å²) in [4.78, 5) is 16.4. The van der Waals surface area contributed by atoms with Crippen molar-refractivity contribution in [2.75, 3.05) is 42.5 Å². The maximum Gasteiger partial charge on any atom is 0.265 e. The summed E-state index contributed by atoms with van der Waals surface area (Å²) in [5, 5.41) is 7.29. The van der Waals surface area contributed by atoms with Gasteiger partial charge in [-0.05, 0) is 90.5 Å². The molecule has 5 rings (SSSR count). The lowest BCUT2D eigenvalue weighted by Crippen LogP contribution is -2.42. The van der Waals surface area contributed by atoms with Crippen molar-refractivity contribution in [3.05, 3.63) is 86.7 Å². The topological polar surface area (TPSA) is 99.8 Å². The standard InChI is InChI=1S/C33H39BrN4O4S2/c1-21(2)42-29-13-22(20-38-10-8-35-9-11-38)12-24(18-29)33(3,4)25-16-26(34)19-28(17-25)36-32(39)31-15-23-14-27(37-44(5,40)41)6-7-30(23)43-31/h6-7,12-19,21,35,37H,8-11,20H2,1-5H3,(H,36,39). The van der Waals surface area contributed by atoms with Crippen LogP contribution in [0.1, 0.15) is 54.1 Å². The van der Waals surface area contributed by atoms with E-state index in [0.29, 0.717) is 16.3 Å². The smallest absolute Gasteiger partial charge is 0.265 e. The molecule has 1 amide bonds. The minimum Gasteiger partial charge on any atom is -0.491 e. The van der Waals surface area contributed by atoms with Gasteiger partial charge in [0.15, 0.2) is 0 Å². The van der Waals surface area contributed by atoms with E-state index in [1.54, 1.807) is 18.2 Å². The predicted octanol–water partition coefficient (Wildman–Crippen LogP) is 6.81. The average molecular weight is 700 g/mol. The molecule has 1 saturated heterocycles. The second-order valence-electron chi connectivity index (χ2n) is 12.1. The SMILES string of the molecule is CC(C)Oc1cc(CN2CCNCC2)cc(C(C)(C)c2cc(Br)cc(NC(=O)c3cc4cc(NS(C)(=O)=O)ccc4s3)c2)c1. The Hall–Kier alpha value is -2.96. The number of fused-ring (bicyclic) bond motifs is 1. The molecule has 8 nitrogen and oxygen atoms in total. The molecule has 44 heavy (non-hydrogen) atoms. The Morgan fingerprint density at radius 3 is 2.45 bits per heavy atom. The molecule has 0 atom stereocenters. The van der Waals surface area contributed by atoms with Crippen molar-refractivity contribution in [1.82, 2.24) is 10.2 Å². The fourth-order valence-corrected chi connectivity index (χ4v) is 7.38. The monoisotopic (exact) mass is 698 g/mol. The first-order valence-corrected chi connectivity index (χ1v) is 18.1. The number of nitrogens with one attached hydrogen (secondary N) is 3. The lowest BCUT2D eigenvalue weighted by atomic mass is 9.77. The predicted molar refractivity (Wildman–Crippen MR) is 185 cm³/mol. The fraction of sp³-hybridized carbons (Fsp3) is 0.364. The second kappa shape index (κ2) is 13.2. The van der Waals surface area contributed by atoms with E-state index in [0.717, 1.165) is 70.4 Å². The number of ether oxygens (including phenoxy) is 1. The molecule has 3 aromatic carbocycles. The van der Waals surface area contributed by atoms with Crippen molar-refractivity contribution < 1.29 is 17.9 Å². The largest absolute Gasteiger partial charge is 0.491 e. The Morgan fingerprint density at radius 1 is 1.02 bits per heavy atom. The number of halogens is 1. The summed E-state index contributed by atoms with van der Waals surface area (Å²) in [6.45, 7) is 13.3. The summed E-state index contributed by atoms with van der Waals surface area (Å²) in [7, 11) is -3.40. The Labute approximate surface area is 272 Å². The van der Waals surface area contributed by atoms with Crippen LogP contribution in [0.2, 0.25) is 0 Å². The maximum absolute atomic E-state index is 13.4. The van der Waals surface area contributed by atoms with Crippen LogP contribution in [0.5, 0.6) is 5.75 Å². The highest BCUT2D eigenvalue weighted by Crippen LogP contribution is 2.38. The van der Waals surface area contributed by atoms with Crippen LogP contribution in [0.15, 0.2) is 65.1 Å². The van der Waals surface area contributed by atoms with Crippen LogP contribution in [0.25, 0.3) is 10.1 Å². The first-order valence-electron chi connectivity index (χ1n) is 14.6. The molecule has 1 aliphatic heterocycles. The van der Waals surface area contributed by atoms with Crippen LogP contribution < -0.4 is 20.1 Å². The van der Waals surface area contributed by atoms with E-state index in [1.165, 1.54) is 16.9 Å². The highest BCUT2D eigenvalue weighted by Gasteiger charge is 2.26. The number of benzene rings is 3. The molecule has 2 heterocycles. The molecule has 0 spiro atoms. The van der Waals surface area contributed by atoms with E-state index in [4.69, 9.17) is 4.74 Å². The molecular weight excluding hydrogens is 660 g/mol. The number of nitrogens with zero attached hydrogens (tertiary/aromatic N) is 1. The molecule has 1 aliphatic rings. The molecule has 0 saturated carbocycles. The lowest BCUT2D eigenvalue weighted by molar-refractivity contribution is 0.103. The Bertz CT molecular complexity index is 1780. The van der Waals surface area contributed by atoms with Gasteiger partial charge < -0.3 is 15.4 Å². The third-order valence-corrected chi connectivity index (χ3v) is 9.78. The summed E-state index contributed by atoms with van der Waals surface area (Å²) in [6, 6.07) is 19.6. The summed E-state index contributed by atoms with van der Waals surface area (Å²) in [5.74, 6) is 0.634. The van der Waals surface area contributed by atoms with Crippen LogP contribution in [-0.2, 0) is 22.0 Å². The Kier molecular flexibility index (Phi) is 9.72. The average Bonchev–Trinajstić information content (AvgIpc) is 3.36. The van der Waals surface area contributed by atoms with Crippen LogP contribution in [0, 0.1) is 0 Å². The van der Waals surface area contributed by atoms with Crippen molar-refractivity contribution in [3.63, 3.8) is 0 Å². The first kappa shape index (κ1) is 32.4. The number of piperazine rings is 1. The lowest BCUT2D eigenvalue weighted by Gasteiger charge is -2.30. The van der Waals surface area contributed by atoms with Gasteiger partial charge >= 0.3 is 0 Å². The van der Waals surface area contributed by atoms with Gasteiger partial charge in [0.1, 0.15) is 5.75 Å². The van der Waals surface area contributed by atoms with Gasteiger partial charge in [0.2, 0.25) is 10.0 Å². The minimum absolute atomic E-state index is 0.0597. The molecule has 1 fully saturated rings. The van der Waals surface area contributed by atoms with Crippen molar-refractivity contribution >= 4 is 64.7 Å². The maximum atomic E-state index is 13.4. The molecule has 0 bridgehead atoms. The molecule has 4 aromatic rings. The van der Waals surface area contributed by atoms with E-state index in [2.05, 4.69) is 74.3 Å². The van der Waals surface area contributed by atoms with E-state index in [1.807, 2.05) is 32.0 Å². The number of carbonyl (C=O) groups excluding carboxylic acids is 1. The van der Waals surface area contributed by atoms with Gasteiger partial charge in [0.05, 0.1) is 17.2 Å². The summed E-state index contributed by atoms with van der Waals surface area (Å²) < 4.78 is 33.7. The van der Waals surface area contributed by atoms with Gasteiger partial charge in [0, 0.05) is 58.7 Å². The third-order valence-electron chi connectivity index (χ3n) is 7.60. The highest BCUT2D eigenvalue weighted by atomic mass is 79.9. The van der Waals surface area contributed by atoms with Crippen molar-refractivity contribution in [2.45, 2.75) is 45.8 Å². The van der Waals surface area contributed by atoms with Crippen molar-refractivity contribution in [1.29, 1.82) is 0 Å². The number of hydrogen-bond donors (Lipinski definition) is 3. The van der Waals surface area contributed by atoms with Crippen LogP contribution in [0.4, 0.5) is 11.4 Å². The van der Waals surface area contributed by atoms with Gasteiger partial charge in [-0.15, -0.1) is 11.3 Å². The van der Waals surface area contributed by atoms with E-state index in [9.17, 15) is 13.2 Å². The van der Waals surface area contributed by atoms with Gasteiger partial charge in [-0.3, -0.25) is 14.4 Å². The molecule has 3 N–H and O–H groups in total. The molecular formula is C33H39BrN4O4S2. The number of rotatable bonds is 10. The van der Waals surface area contributed by atoms with Gasteiger partial charge in [0.25, 0.3) is 5.91 Å². The molecule has 11 heteroatoms. The van der Waals surface area contributed by atoms with Crippen LogP contribution in [-0.4, -0.2) is 57.8 Å². The summed E-state index contributed by atoms with van der Waals surface area (Å²) in [5.41, 5.74) is 4.15. The van der Waals surface area contributed by atoms with Crippen LogP contribution in [0.3, 0.4) is 0 Å². The molecule has 0 unspecified atom stereocenters. The van der Waals surface area contributed by atoms with E-state index >= 15 is 0 Å². The highest BCUT2D eigenvalue weighted by molar-refractivity contribution is 9.10. The fourth-order valence-electron chi connectivity index (χ4n) is 5.40. The van der Waals surface area contributed by atoms with Crippen LogP contribution >= 0.6 is 27.3 Å². The number of anilines is 2. The zero-order valence-electron chi connectivity index (χ0n) is 25.7. The molecule has 0 radical (unpaired) electrons. The molecule has 234 valence electrons.